The first-order valence-corrected chi connectivity index (χ1v) is 10.7. The molecule has 0 spiro atoms. The highest BCUT2D eigenvalue weighted by molar-refractivity contribution is 9.10. The molecule has 0 heterocycles. The van der Waals surface area contributed by atoms with E-state index < -0.39 is 10.0 Å². The zero-order valence-corrected chi connectivity index (χ0v) is 17.2. The maximum Gasteiger partial charge on any atom is 0.261 e. The van der Waals surface area contributed by atoms with E-state index in [0.717, 1.165) is 27.6 Å². The molecule has 3 aromatic carbocycles. The Balaban J connectivity index is 1.87. The Labute approximate surface area is 167 Å². The number of rotatable bonds is 5. The SMILES string of the molecule is CCc1ccc(Cl)c(NS(=O)(=O)c2ccc(-c3ccc(Br)cc3)cc2)c1. The van der Waals surface area contributed by atoms with Gasteiger partial charge in [-0.3, -0.25) is 4.72 Å². The van der Waals surface area contributed by atoms with Crippen LogP contribution < -0.4 is 4.72 Å². The molecular formula is C20H17BrClNO2S. The lowest BCUT2D eigenvalue weighted by atomic mass is 10.1. The number of halogens is 2. The van der Waals surface area contributed by atoms with E-state index in [1.807, 2.05) is 37.3 Å². The number of hydrogen-bond donors (Lipinski definition) is 1. The van der Waals surface area contributed by atoms with Gasteiger partial charge in [-0.1, -0.05) is 64.8 Å². The van der Waals surface area contributed by atoms with E-state index in [1.54, 1.807) is 36.4 Å². The zero-order valence-electron chi connectivity index (χ0n) is 14.0. The van der Waals surface area contributed by atoms with Gasteiger partial charge in [0.1, 0.15) is 0 Å². The quantitative estimate of drug-likeness (QED) is 0.508. The van der Waals surface area contributed by atoms with Crippen LogP contribution in [0.25, 0.3) is 11.1 Å². The molecule has 0 amide bonds. The molecule has 0 fully saturated rings. The van der Waals surface area contributed by atoms with E-state index in [1.165, 1.54) is 0 Å². The minimum atomic E-state index is -3.71. The van der Waals surface area contributed by atoms with Crippen LogP contribution in [0, 0.1) is 0 Å². The summed E-state index contributed by atoms with van der Waals surface area (Å²) in [6, 6.07) is 20.0. The molecular weight excluding hydrogens is 434 g/mol. The third-order valence-electron chi connectivity index (χ3n) is 4.03. The van der Waals surface area contributed by atoms with E-state index in [9.17, 15) is 8.42 Å². The smallest absolute Gasteiger partial charge is 0.261 e. The van der Waals surface area contributed by atoms with Crippen molar-refractivity contribution in [1.82, 2.24) is 0 Å². The van der Waals surface area contributed by atoms with Gasteiger partial charge in [0.25, 0.3) is 10.0 Å². The third kappa shape index (κ3) is 4.29. The van der Waals surface area contributed by atoms with Gasteiger partial charge in [-0.15, -0.1) is 0 Å². The van der Waals surface area contributed by atoms with Crippen molar-refractivity contribution in [2.75, 3.05) is 4.72 Å². The minimum absolute atomic E-state index is 0.191. The first kappa shape index (κ1) is 19.0. The second-order valence-corrected chi connectivity index (χ2v) is 8.81. The van der Waals surface area contributed by atoms with E-state index >= 15 is 0 Å². The number of anilines is 1. The average molecular weight is 451 g/mol. The molecule has 26 heavy (non-hydrogen) atoms. The van der Waals surface area contributed by atoms with Crippen molar-refractivity contribution in [3.8, 4) is 11.1 Å². The van der Waals surface area contributed by atoms with E-state index in [2.05, 4.69) is 20.7 Å². The molecule has 3 rings (SSSR count). The van der Waals surface area contributed by atoms with Crippen molar-refractivity contribution < 1.29 is 8.42 Å². The number of aryl methyl sites for hydroxylation is 1. The highest BCUT2D eigenvalue weighted by Gasteiger charge is 2.16. The monoisotopic (exact) mass is 449 g/mol. The lowest BCUT2D eigenvalue weighted by Crippen LogP contribution is -2.13. The van der Waals surface area contributed by atoms with Crippen LogP contribution in [0.2, 0.25) is 5.02 Å². The Morgan fingerprint density at radius 1 is 0.923 bits per heavy atom. The van der Waals surface area contributed by atoms with Crippen LogP contribution >= 0.6 is 27.5 Å². The second kappa shape index (κ2) is 7.82. The summed E-state index contributed by atoms with van der Waals surface area (Å²) in [5.74, 6) is 0. The summed E-state index contributed by atoms with van der Waals surface area (Å²) in [6.45, 7) is 2.00. The van der Waals surface area contributed by atoms with Crippen LogP contribution in [0.5, 0.6) is 0 Å². The van der Waals surface area contributed by atoms with Gasteiger partial charge >= 0.3 is 0 Å². The fraction of sp³-hybridized carbons (Fsp3) is 0.100. The van der Waals surface area contributed by atoms with Gasteiger partial charge in [0.15, 0.2) is 0 Å². The van der Waals surface area contributed by atoms with E-state index in [0.29, 0.717) is 10.7 Å². The van der Waals surface area contributed by atoms with E-state index in [-0.39, 0.29) is 4.90 Å². The van der Waals surface area contributed by atoms with Crippen molar-refractivity contribution in [1.29, 1.82) is 0 Å². The lowest BCUT2D eigenvalue weighted by Gasteiger charge is -2.11. The van der Waals surface area contributed by atoms with Gasteiger partial charge in [-0.25, -0.2) is 8.42 Å². The van der Waals surface area contributed by atoms with Gasteiger partial charge < -0.3 is 0 Å². The highest BCUT2D eigenvalue weighted by atomic mass is 79.9. The summed E-state index contributed by atoms with van der Waals surface area (Å²) in [5.41, 5.74) is 3.37. The van der Waals surface area contributed by atoms with Crippen LogP contribution in [0.4, 0.5) is 5.69 Å². The maximum atomic E-state index is 12.7. The standard InChI is InChI=1S/C20H17BrClNO2S/c1-2-14-3-12-19(22)20(13-14)23-26(24,25)18-10-6-16(7-11-18)15-4-8-17(21)9-5-15/h3-13,23H,2H2,1H3. The van der Waals surface area contributed by atoms with Crippen LogP contribution in [-0.4, -0.2) is 8.42 Å². The number of nitrogens with one attached hydrogen (secondary N) is 1. The Morgan fingerprint density at radius 2 is 1.50 bits per heavy atom. The van der Waals surface area contributed by atoms with Gasteiger partial charge in [0, 0.05) is 4.47 Å². The molecule has 0 unspecified atom stereocenters. The highest BCUT2D eigenvalue weighted by Crippen LogP contribution is 2.27. The predicted octanol–water partition coefficient (Wildman–Crippen LogP) is 6.13. The molecule has 1 N–H and O–H groups in total. The maximum absolute atomic E-state index is 12.7. The summed E-state index contributed by atoms with van der Waals surface area (Å²) in [7, 11) is -3.71. The lowest BCUT2D eigenvalue weighted by molar-refractivity contribution is 0.601. The van der Waals surface area contributed by atoms with Crippen molar-refractivity contribution in [2.45, 2.75) is 18.2 Å². The molecule has 0 aliphatic carbocycles. The van der Waals surface area contributed by atoms with Crippen molar-refractivity contribution >= 4 is 43.2 Å². The average Bonchev–Trinajstić information content (AvgIpc) is 2.64. The molecule has 0 saturated carbocycles. The molecule has 6 heteroatoms. The molecule has 0 saturated heterocycles. The molecule has 0 aliphatic heterocycles. The molecule has 0 aliphatic rings. The molecule has 0 atom stereocenters. The summed E-state index contributed by atoms with van der Waals surface area (Å²) < 4.78 is 28.9. The van der Waals surface area contributed by atoms with Crippen LogP contribution in [0.15, 0.2) is 76.1 Å². The molecule has 134 valence electrons. The topological polar surface area (TPSA) is 46.2 Å². The van der Waals surface area contributed by atoms with Gasteiger partial charge in [-0.2, -0.15) is 0 Å². The fourth-order valence-corrected chi connectivity index (χ4v) is 4.10. The number of benzene rings is 3. The summed E-state index contributed by atoms with van der Waals surface area (Å²) in [5, 5.41) is 0.372. The van der Waals surface area contributed by atoms with Crippen LogP contribution in [0.3, 0.4) is 0 Å². The van der Waals surface area contributed by atoms with Gasteiger partial charge in [0.2, 0.25) is 0 Å². The van der Waals surface area contributed by atoms with Crippen LogP contribution in [0.1, 0.15) is 12.5 Å². The first-order chi connectivity index (χ1) is 12.4. The minimum Gasteiger partial charge on any atom is -0.278 e. The number of sulfonamides is 1. The Hall–Kier alpha value is -1.82. The summed E-state index contributed by atoms with van der Waals surface area (Å²) in [4.78, 5) is 0.191. The zero-order chi connectivity index (χ0) is 18.7. The molecule has 3 nitrogen and oxygen atoms in total. The van der Waals surface area contributed by atoms with Crippen LogP contribution in [-0.2, 0) is 16.4 Å². The molecule has 3 aromatic rings. The van der Waals surface area contributed by atoms with Crippen molar-refractivity contribution in [2.24, 2.45) is 0 Å². The fourth-order valence-electron chi connectivity index (χ4n) is 2.54. The molecule has 0 bridgehead atoms. The first-order valence-electron chi connectivity index (χ1n) is 8.06. The summed E-state index contributed by atoms with van der Waals surface area (Å²) >= 11 is 9.54. The molecule has 0 radical (unpaired) electrons. The van der Waals surface area contributed by atoms with Crippen molar-refractivity contribution in [3.63, 3.8) is 0 Å². The Bertz CT molecular complexity index is 1020. The second-order valence-electron chi connectivity index (χ2n) is 5.80. The normalized spacial score (nSPS) is 11.3. The van der Waals surface area contributed by atoms with Gasteiger partial charge in [-0.05, 0) is 59.5 Å². The Morgan fingerprint density at radius 3 is 2.08 bits per heavy atom. The molecule has 0 aromatic heterocycles. The Kier molecular flexibility index (Phi) is 5.70. The third-order valence-corrected chi connectivity index (χ3v) is 6.27. The van der Waals surface area contributed by atoms with E-state index in [4.69, 9.17) is 11.6 Å². The van der Waals surface area contributed by atoms with Crippen molar-refractivity contribution in [3.05, 3.63) is 81.8 Å². The number of hydrogen-bond acceptors (Lipinski definition) is 2. The largest absolute Gasteiger partial charge is 0.278 e. The predicted molar refractivity (Wildman–Crippen MR) is 111 cm³/mol. The van der Waals surface area contributed by atoms with Gasteiger partial charge in [0.05, 0.1) is 15.6 Å². The summed E-state index contributed by atoms with van der Waals surface area (Å²) in [6.07, 6.45) is 0.799.